The van der Waals surface area contributed by atoms with Crippen LogP contribution in [-0.4, -0.2) is 32.9 Å². The monoisotopic (exact) mass is 301 g/mol. The number of hydrogen-bond acceptors (Lipinski definition) is 5. The van der Waals surface area contributed by atoms with E-state index in [2.05, 4.69) is 10.1 Å². The molecule has 0 amide bonds. The molecule has 3 rings (SSSR count). The summed E-state index contributed by atoms with van der Waals surface area (Å²) in [6.07, 6.45) is 4.41. The van der Waals surface area contributed by atoms with Gasteiger partial charge in [0, 0.05) is 6.61 Å². The third-order valence-corrected chi connectivity index (χ3v) is 3.98. The Balaban J connectivity index is 1.67. The molecule has 0 N–H and O–H groups in total. The zero-order chi connectivity index (χ0) is 15.6. The number of ether oxygens (including phenoxy) is 2. The van der Waals surface area contributed by atoms with Crippen molar-refractivity contribution in [3.63, 3.8) is 0 Å². The largest absolute Gasteiger partial charge is 0.456 e. The second-order valence-corrected chi connectivity index (χ2v) is 5.66. The van der Waals surface area contributed by atoms with E-state index in [1.165, 1.54) is 6.33 Å². The summed E-state index contributed by atoms with van der Waals surface area (Å²) in [5.74, 6) is -0.294. The zero-order valence-electron chi connectivity index (χ0n) is 12.7. The van der Waals surface area contributed by atoms with Crippen LogP contribution in [-0.2, 0) is 14.3 Å². The molecule has 2 atom stereocenters. The van der Waals surface area contributed by atoms with Crippen molar-refractivity contribution in [1.29, 1.82) is 0 Å². The number of carbonyl (C=O) groups excluding carboxylic acids is 1. The molecule has 22 heavy (non-hydrogen) atoms. The molecule has 6 nitrogen and oxygen atoms in total. The lowest BCUT2D eigenvalue weighted by Crippen LogP contribution is -2.36. The Hall–Kier alpha value is -2.21. The summed E-state index contributed by atoms with van der Waals surface area (Å²) >= 11 is 0. The van der Waals surface area contributed by atoms with Gasteiger partial charge in [-0.25, -0.2) is 14.5 Å². The molecule has 1 aliphatic heterocycles. The second-order valence-electron chi connectivity index (χ2n) is 5.66. The van der Waals surface area contributed by atoms with Crippen molar-refractivity contribution in [1.82, 2.24) is 14.8 Å². The van der Waals surface area contributed by atoms with E-state index in [0.29, 0.717) is 13.0 Å². The molecule has 1 aromatic carbocycles. The first-order chi connectivity index (χ1) is 10.6. The Morgan fingerprint density at radius 3 is 2.77 bits per heavy atom. The quantitative estimate of drug-likeness (QED) is 0.811. The molecule has 0 aliphatic carbocycles. The zero-order valence-corrected chi connectivity index (χ0v) is 12.7. The van der Waals surface area contributed by atoms with E-state index in [1.807, 2.05) is 31.2 Å². The highest BCUT2D eigenvalue weighted by Crippen LogP contribution is 2.29. The molecule has 0 saturated carbocycles. The fraction of sp³-hybridized carbons (Fsp3) is 0.438. The number of aromatic nitrogens is 3. The Bertz CT molecular complexity index is 631. The first-order valence-corrected chi connectivity index (χ1v) is 7.38. The van der Waals surface area contributed by atoms with E-state index in [0.717, 1.165) is 17.7 Å². The molecule has 6 heteroatoms. The lowest BCUT2D eigenvalue weighted by molar-refractivity contribution is -0.170. The first kappa shape index (κ1) is 14.7. The van der Waals surface area contributed by atoms with E-state index >= 15 is 0 Å². The van der Waals surface area contributed by atoms with Gasteiger partial charge in [-0.1, -0.05) is 12.1 Å². The molecule has 1 aliphatic rings. The van der Waals surface area contributed by atoms with Gasteiger partial charge in [-0.2, -0.15) is 5.10 Å². The normalized spacial score (nSPS) is 22.5. The van der Waals surface area contributed by atoms with Crippen LogP contribution in [0.5, 0.6) is 0 Å². The van der Waals surface area contributed by atoms with E-state index in [4.69, 9.17) is 9.47 Å². The molecule has 1 saturated heterocycles. The van der Waals surface area contributed by atoms with Gasteiger partial charge < -0.3 is 9.47 Å². The van der Waals surface area contributed by atoms with Crippen LogP contribution in [0.2, 0.25) is 0 Å². The third-order valence-electron chi connectivity index (χ3n) is 3.98. The smallest absolute Gasteiger partial charge is 0.338 e. The highest BCUT2D eigenvalue weighted by Gasteiger charge is 2.40. The average molecular weight is 301 g/mol. The molecular weight excluding hydrogens is 282 g/mol. The fourth-order valence-corrected chi connectivity index (χ4v) is 2.53. The minimum atomic E-state index is -0.797. The maximum atomic E-state index is 12.2. The SMILES string of the molecule is C[C@H](OC(=O)[C@]1(C)CCCO1)c1ccc(-n2cncn2)cc1. The number of carbonyl (C=O) groups is 1. The molecule has 0 radical (unpaired) electrons. The molecule has 1 fully saturated rings. The fourth-order valence-electron chi connectivity index (χ4n) is 2.53. The summed E-state index contributed by atoms with van der Waals surface area (Å²) in [5.41, 5.74) is 1.04. The minimum absolute atomic E-state index is 0.294. The van der Waals surface area contributed by atoms with Gasteiger partial charge in [0.2, 0.25) is 0 Å². The molecule has 0 spiro atoms. The molecular formula is C16H19N3O3. The molecule has 0 unspecified atom stereocenters. The van der Waals surface area contributed by atoms with Crippen molar-refractivity contribution in [2.45, 2.75) is 38.4 Å². The predicted molar refractivity (Wildman–Crippen MR) is 79.5 cm³/mol. The lowest BCUT2D eigenvalue weighted by Gasteiger charge is -2.24. The van der Waals surface area contributed by atoms with Gasteiger partial charge in [-0.05, 0) is 44.4 Å². The molecule has 0 bridgehead atoms. The maximum Gasteiger partial charge on any atom is 0.338 e. The molecule has 2 heterocycles. The Labute approximate surface area is 129 Å². The van der Waals surface area contributed by atoms with Crippen LogP contribution in [0.15, 0.2) is 36.9 Å². The molecule has 116 valence electrons. The molecule has 2 aromatic rings. The highest BCUT2D eigenvalue weighted by molar-refractivity contribution is 5.79. The van der Waals surface area contributed by atoms with Gasteiger partial charge in [0.15, 0.2) is 5.60 Å². The number of benzene rings is 1. The van der Waals surface area contributed by atoms with Gasteiger partial charge in [-0.3, -0.25) is 0 Å². The lowest BCUT2D eigenvalue weighted by atomic mass is 10.0. The summed E-state index contributed by atoms with van der Waals surface area (Å²) in [6, 6.07) is 7.68. The van der Waals surface area contributed by atoms with Crippen LogP contribution >= 0.6 is 0 Å². The van der Waals surface area contributed by atoms with Gasteiger partial charge >= 0.3 is 5.97 Å². The average Bonchev–Trinajstić information content (AvgIpc) is 3.19. The van der Waals surface area contributed by atoms with E-state index in [-0.39, 0.29) is 12.1 Å². The van der Waals surface area contributed by atoms with E-state index in [1.54, 1.807) is 17.9 Å². The predicted octanol–water partition coefficient (Wildman–Crippen LogP) is 2.44. The van der Waals surface area contributed by atoms with Crippen LogP contribution in [0.4, 0.5) is 0 Å². The van der Waals surface area contributed by atoms with Crippen LogP contribution < -0.4 is 0 Å². The second kappa shape index (κ2) is 5.88. The Kier molecular flexibility index (Phi) is 3.94. The summed E-state index contributed by atoms with van der Waals surface area (Å²) in [5, 5.41) is 4.07. The molecule has 1 aromatic heterocycles. The number of rotatable bonds is 4. The van der Waals surface area contributed by atoms with Gasteiger partial charge in [0.05, 0.1) is 5.69 Å². The van der Waals surface area contributed by atoms with Crippen molar-refractivity contribution in [3.05, 3.63) is 42.5 Å². The van der Waals surface area contributed by atoms with Crippen LogP contribution in [0.1, 0.15) is 38.4 Å². The van der Waals surface area contributed by atoms with E-state index in [9.17, 15) is 4.79 Å². The minimum Gasteiger partial charge on any atom is -0.456 e. The van der Waals surface area contributed by atoms with Crippen LogP contribution in [0.25, 0.3) is 5.69 Å². The Morgan fingerprint density at radius 2 is 2.18 bits per heavy atom. The van der Waals surface area contributed by atoms with E-state index < -0.39 is 5.60 Å². The van der Waals surface area contributed by atoms with Crippen LogP contribution in [0.3, 0.4) is 0 Å². The van der Waals surface area contributed by atoms with Crippen molar-refractivity contribution < 1.29 is 14.3 Å². The number of hydrogen-bond donors (Lipinski definition) is 0. The summed E-state index contributed by atoms with van der Waals surface area (Å²) < 4.78 is 12.7. The summed E-state index contributed by atoms with van der Waals surface area (Å²) in [7, 11) is 0. The highest BCUT2D eigenvalue weighted by atomic mass is 16.6. The standard InChI is InChI=1S/C16H19N3O3/c1-12(22-15(20)16(2)8-3-9-21-16)13-4-6-14(7-5-13)19-11-17-10-18-19/h4-7,10-12H,3,8-9H2,1-2H3/t12-,16-/m0/s1. The number of esters is 1. The van der Waals surface area contributed by atoms with Gasteiger partial charge in [-0.15, -0.1) is 0 Å². The maximum absolute atomic E-state index is 12.2. The first-order valence-electron chi connectivity index (χ1n) is 7.38. The third kappa shape index (κ3) is 2.87. The van der Waals surface area contributed by atoms with Gasteiger partial charge in [0.1, 0.15) is 18.8 Å². The number of nitrogens with zero attached hydrogens (tertiary/aromatic N) is 3. The Morgan fingerprint density at radius 1 is 1.41 bits per heavy atom. The summed E-state index contributed by atoms with van der Waals surface area (Å²) in [4.78, 5) is 16.2. The van der Waals surface area contributed by atoms with Crippen molar-refractivity contribution in [2.24, 2.45) is 0 Å². The van der Waals surface area contributed by atoms with Crippen LogP contribution in [0, 0.1) is 0 Å². The van der Waals surface area contributed by atoms with Crippen molar-refractivity contribution >= 4 is 5.97 Å². The summed E-state index contributed by atoms with van der Waals surface area (Å²) in [6.45, 7) is 4.27. The van der Waals surface area contributed by atoms with Crippen molar-refractivity contribution in [2.75, 3.05) is 6.61 Å². The van der Waals surface area contributed by atoms with Crippen molar-refractivity contribution in [3.8, 4) is 5.69 Å². The topological polar surface area (TPSA) is 66.2 Å². The van der Waals surface area contributed by atoms with Gasteiger partial charge in [0.25, 0.3) is 0 Å².